The third-order valence-corrected chi connectivity index (χ3v) is 6.44. The standard InChI is InChI=1S/C18H23FN4O2S/c1-23(26(24,25)17-8-3-9-20-13-17)10-4-7-16-12-18(22-21-16)14-5-2-6-15(19)11-14/h2-3,5-6,8-9,11,13,16,18,21-22H,4,7,10,12H2,1H3. The van der Waals surface area contributed by atoms with Gasteiger partial charge in [0.25, 0.3) is 0 Å². The summed E-state index contributed by atoms with van der Waals surface area (Å²) < 4.78 is 39.6. The molecule has 0 radical (unpaired) electrons. The van der Waals surface area contributed by atoms with Gasteiger partial charge in [-0.15, -0.1) is 0 Å². The van der Waals surface area contributed by atoms with Gasteiger partial charge in [0.05, 0.1) is 0 Å². The zero-order chi connectivity index (χ0) is 18.6. The van der Waals surface area contributed by atoms with Crippen LogP contribution in [0.25, 0.3) is 0 Å². The summed E-state index contributed by atoms with van der Waals surface area (Å²) in [5, 5.41) is 0. The lowest BCUT2D eigenvalue weighted by Gasteiger charge is -2.18. The molecular formula is C18H23FN4O2S. The predicted octanol–water partition coefficient (Wildman–Crippen LogP) is 2.23. The summed E-state index contributed by atoms with van der Waals surface area (Å²) in [7, 11) is -1.92. The van der Waals surface area contributed by atoms with Gasteiger partial charge in [-0.2, -0.15) is 0 Å². The van der Waals surface area contributed by atoms with Crippen molar-refractivity contribution in [2.75, 3.05) is 13.6 Å². The van der Waals surface area contributed by atoms with E-state index in [0.29, 0.717) is 6.54 Å². The van der Waals surface area contributed by atoms with Crippen LogP contribution in [0.4, 0.5) is 4.39 Å². The van der Waals surface area contributed by atoms with Crippen molar-refractivity contribution in [3.05, 3.63) is 60.2 Å². The van der Waals surface area contributed by atoms with Gasteiger partial charge in [0.1, 0.15) is 10.7 Å². The second-order valence-electron chi connectivity index (χ2n) is 6.49. The van der Waals surface area contributed by atoms with Crippen molar-refractivity contribution in [3.63, 3.8) is 0 Å². The highest BCUT2D eigenvalue weighted by atomic mass is 32.2. The summed E-state index contributed by atoms with van der Waals surface area (Å²) in [5.74, 6) is -0.241. The average molecular weight is 378 g/mol. The van der Waals surface area contributed by atoms with Gasteiger partial charge < -0.3 is 0 Å². The maximum absolute atomic E-state index is 13.3. The Morgan fingerprint density at radius 3 is 2.85 bits per heavy atom. The Morgan fingerprint density at radius 1 is 1.27 bits per heavy atom. The van der Waals surface area contributed by atoms with E-state index in [1.165, 1.54) is 22.6 Å². The summed E-state index contributed by atoms with van der Waals surface area (Å²) in [5.41, 5.74) is 7.32. The molecule has 1 aromatic heterocycles. The van der Waals surface area contributed by atoms with Crippen LogP contribution in [0.2, 0.25) is 0 Å². The lowest BCUT2D eigenvalue weighted by atomic mass is 10.00. The van der Waals surface area contributed by atoms with Crippen LogP contribution in [-0.2, 0) is 10.0 Å². The third kappa shape index (κ3) is 4.45. The molecule has 26 heavy (non-hydrogen) atoms. The third-order valence-electron chi connectivity index (χ3n) is 4.60. The Balaban J connectivity index is 1.48. The van der Waals surface area contributed by atoms with Gasteiger partial charge in [-0.1, -0.05) is 12.1 Å². The fourth-order valence-corrected chi connectivity index (χ4v) is 4.29. The van der Waals surface area contributed by atoms with Crippen molar-refractivity contribution in [2.45, 2.75) is 36.2 Å². The van der Waals surface area contributed by atoms with Gasteiger partial charge in [0.15, 0.2) is 0 Å². The number of nitrogens with one attached hydrogen (secondary N) is 2. The van der Waals surface area contributed by atoms with Crippen LogP contribution < -0.4 is 10.9 Å². The molecule has 0 amide bonds. The Hall–Kier alpha value is -1.87. The molecule has 3 rings (SSSR count). The quantitative estimate of drug-likeness (QED) is 0.773. The van der Waals surface area contributed by atoms with Gasteiger partial charge >= 0.3 is 0 Å². The van der Waals surface area contributed by atoms with E-state index in [1.807, 2.05) is 6.07 Å². The highest BCUT2D eigenvalue weighted by Crippen LogP contribution is 2.24. The van der Waals surface area contributed by atoms with Crippen LogP contribution >= 0.6 is 0 Å². The molecule has 0 spiro atoms. The van der Waals surface area contributed by atoms with Crippen LogP contribution in [0.1, 0.15) is 30.9 Å². The molecule has 2 N–H and O–H groups in total. The van der Waals surface area contributed by atoms with Crippen LogP contribution in [0, 0.1) is 5.82 Å². The summed E-state index contributed by atoms with van der Waals surface area (Å²) in [6, 6.07) is 10.0. The van der Waals surface area contributed by atoms with Crippen LogP contribution in [-0.4, -0.2) is 37.3 Å². The Labute approximate surface area is 153 Å². The van der Waals surface area contributed by atoms with Crippen molar-refractivity contribution in [2.24, 2.45) is 0 Å². The first-order valence-corrected chi connectivity index (χ1v) is 10.0. The molecule has 0 bridgehead atoms. The Kier molecular flexibility index (Phi) is 5.98. The van der Waals surface area contributed by atoms with Crippen LogP contribution in [0.5, 0.6) is 0 Å². The number of hydrazine groups is 1. The molecule has 8 heteroatoms. The molecule has 2 atom stereocenters. The van der Waals surface area contributed by atoms with Crippen LogP contribution in [0.3, 0.4) is 0 Å². The van der Waals surface area contributed by atoms with E-state index in [2.05, 4.69) is 15.8 Å². The number of pyridine rings is 1. The molecule has 0 aliphatic carbocycles. The minimum Gasteiger partial charge on any atom is -0.263 e. The molecule has 1 saturated heterocycles. The van der Waals surface area contributed by atoms with Gasteiger partial charge in [-0.05, 0) is 49.1 Å². The van der Waals surface area contributed by atoms with E-state index in [-0.39, 0.29) is 22.8 Å². The minimum absolute atomic E-state index is 0.0626. The van der Waals surface area contributed by atoms with Crippen molar-refractivity contribution in [1.82, 2.24) is 20.1 Å². The summed E-state index contributed by atoms with van der Waals surface area (Å²) in [6.45, 7) is 0.431. The Bertz CT molecular complexity index is 832. The lowest BCUT2D eigenvalue weighted by molar-refractivity contribution is 0.428. The smallest absolute Gasteiger partial charge is 0.244 e. The topological polar surface area (TPSA) is 74.3 Å². The largest absolute Gasteiger partial charge is 0.263 e. The van der Waals surface area contributed by atoms with E-state index >= 15 is 0 Å². The fraction of sp³-hybridized carbons (Fsp3) is 0.389. The predicted molar refractivity (Wildman–Crippen MR) is 97.1 cm³/mol. The molecule has 1 aliphatic rings. The highest BCUT2D eigenvalue weighted by Gasteiger charge is 2.26. The summed E-state index contributed by atoms with van der Waals surface area (Å²) in [4.78, 5) is 4.07. The van der Waals surface area contributed by atoms with Crippen molar-refractivity contribution < 1.29 is 12.8 Å². The number of rotatable bonds is 7. The molecule has 1 aromatic carbocycles. The van der Waals surface area contributed by atoms with Crippen LogP contribution in [0.15, 0.2) is 53.7 Å². The van der Waals surface area contributed by atoms with Crippen molar-refractivity contribution >= 4 is 10.0 Å². The van der Waals surface area contributed by atoms with E-state index < -0.39 is 10.0 Å². The lowest BCUT2D eigenvalue weighted by Crippen LogP contribution is -2.32. The molecule has 6 nitrogen and oxygen atoms in total. The van der Waals surface area contributed by atoms with Gasteiger partial charge in [0, 0.05) is 38.1 Å². The zero-order valence-corrected chi connectivity index (χ0v) is 15.4. The van der Waals surface area contributed by atoms with Gasteiger partial charge in [-0.3, -0.25) is 15.8 Å². The van der Waals surface area contributed by atoms with E-state index in [9.17, 15) is 12.8 Å². The normalized spacial score (nSPS) is 20.6. The molecule has 1 aliphatic heterocycles. The van der Waals surface area contributed by atoms with Gasteiger partial charge in [0.2, 0.25) is 10.0 Å². The summed E-state index contributed by atoms with van der Waals surface area (Å²) in [6.07, 6.45) is 5.30. The Morgan fingerprint density at radius 2 is 2.12 bits per heavy atom. The molecule has 2 aromatic rings. The zero-order valence-electron chi connectivity index (χ0n) is 14.6. The van der Waals surface area contributed by atoms with E-state index in [1.54, 1.807) is 31.4 Å². The molecule has 140 valence electrons. The SMILES string of the molecule is CN(CCCC1CC(c2cccc(F)c2)NN1)S(=O)(=O)c1cccnc1. The fourth-order valence-electron chi connectivity index (χ4n) is 3.11. The molecule has 0 saturated carbocycles. The minimum atomic E-state index is -3.50. The molecule has 2 unspecified atom stereocenters. The maximum Gasteiger partial charge on any atom is 0.244 e. The van der Waals surface area contributed by atoms with Gasteiger partial charge in [-0.25, -0.2) is 17.1 Å². The highest BCUT2D eigenvalue weighted by molar-refractivity contribution is 7.89. The number of sulfonamides is 1. The number of benzene rings is 1. The monoisotopic (exact) mass is 378 g/mol. The maximum atomic E-state index is 13.3. The average Bonchev–Trinajstić information content (AvgIpc) is 3.11. The summed E-state index contributed by atoms with van der Waals surface area (Å²) >= 11 is 0. The van der Waals surface area contributed by atoms with Crippen molar-refractivity contribution in [3.8, 4) is 0 Å². The number of nitrogens with zero attached hydrogens (tertiary/aromatic N) is 2. The number of hydrogen-bond acceptors (Lipinski definition) is 5. The second kappa shape index (κ2) is 8.22. The molecule has 2 heterocycles. The second-order valence-corrected chi connectivity index (χ2v) is 8.53. The molecular weight excluding hydrogens is 355 g/mol. The van der Waals surface area contributed by atoms with E-state index in [0.717, 1.165) is 24.8 Å². The first-order chi connectivity index (χ1) is 12.5. The number of aromatic nitrogens is 1. The van der Waals surface area contributed by atoms with Crippen molar-refractivity contribution in [1.29, 1.82) is 0 Å². The number of halogens is 1. The van der Waals surface area contributed by atoms with E-state index in [4.69, 9.17) is 0 Å². The first kappa shape index (κ1) is 18.9. The number of hydrogen-bond donors (Lipinski definition) is 2. The first-order valence-electron chi connectivity index (χ1n) is 8.60. The molecule has 1 fully saturated rings.